The molecule has 0 saturated carbocycles. The molecule has 0 N–H and O–H groups in total. The lowest BCUT2D eigenvalue weighted by Gasteiger charge is -2.26. The van der Waals surface area contributed by atoms with E-state index in [0.29, 0.717) is 6.42 Å². The van der Waals surface area contributed by atoms with Gasteiger partial charge in [-0.15, -0.1) is 5.10 Å². The van der Waals surface area contributed by atoms with Crippen molar-refractivity contribution in [3.63, 3.8) is 0 Å². The Kier molecular flexibility index (Phi) is 5.14. The number of nitrogens with zero attached hydrogens (tertiary/aromatic N) is 2. The van der Waals surface area contributed by atoms with Crippen LogP contribution in [0.25, 0.3) is 0 Å². The summed E-state index contributed by atoms with van der Waals surface area (Å²) in [4.78, 5) is 11.8. The maximum atomic E-state index is 12.7. The van der Waals surface area contributed by atoms with Crippen molar-refractivity contribution in [2.45, 2.75) is 52.8 Å². The van der Waals surface area contributed by atoms with Crippen LogP contribution in [-0.2, 0) is 4.74 Å². The predicted molar refractivity (Wildman–Crippen MR) is 73.8 cm³/mol. The van der Waals surface area contributed by atoms with Crippen molar-refractivity contribution in [2.75, 3.05) is 6.61 Å². The summed E-state index contributed by atoms with van der Waals surface area (Å²) < 4.78 is 49.3. The van der Waals surface area contributed by atoms with Gasteiger partial charge in [-0.05, 0) is 34.1 Å². The second kappa shape index (κ2) is 6.18. The standard InChI is InChI=1S/C14H21F3N2O3/c1-6-13(4,5)22-11(20)19-8-7-10(18-19)21-9-12(2,3)14(15,16)17/h7-8H,6,9H2,1-5H3. The van der Waals surface area contributed by atoms with Gasteiger partial charge in [-0.25, -0.2) is 4.79 Å². The minimum absolute atomic E-state index is 0.0661. The summed E-state index contributed by atoms with van der Waals surface area (Å²) in [5, 5.41) is 3.77. The Balaban J connectivity index is 2.68. The van der Waals surface area contributed by atoms with E-state index in [4.69, 9.17) is 9.47 Å². The number of rotatable bonds is 5. The number of aromatic nitrogens is 2. The van der Waals surface area contributed by atoms with Gasteiger partial charge in [0.15, 0.2) is 0 Å². The lowest BCUT2D eigenvalue weighted by atomic mass is 9.94. The number of alkyl halides is 3. The van der Waals surface area contributed by atoms with Crippen molar-refractivity contribution in [2.24, 2.45) is 5.41 Å². The summed E-state index contributed by atoms with van der Waals surface area (Å²) >= 11 is 0. The molecule has 0 atom stereocenters. The summed E-state index contributed by atoms with van der Waals surface area (Å²) in [5.74, 6) is -0.0661. The number of carbonyl (C=O) groups is 1. The second-order valence-electron chi connectivity index (χ2n) is 6.25. The summed E-state index contributed by atoms with van der Waals surface area (Å²) in [6.45, 7) is 6.83. The third kappa shape index (κ3) is 4.64. The molecule has 0 fully saturated rings. The summed E-state index contributed by atoms with van der Waals surface area (Å²) in [6.07, 6.45) is -3.20. The third-order valence-electron chi connectivity index (χ3n) is 3.32. The van der Waals surface area contributed by atoms with Gasteiger partial charge in [-0.3, -0.25) is 0 Å². The SMILES string of the molecule is CCC(C)(C)OC(=O)n1ccc(OCC(C)(C)C(F)(F)F)n1. The van der Waals surface area contributed by atoms with E-state index >= 15 is 0 Å². The molecule has 0 aliphatic heterocycles. The first-order valence-electron chi connectivity index (χ1n) is 6.86. The molecule has 1 aromatic rings. The average molecular weight is 322 g/mol. The van der Waals surface area contributed by atoms with Gasteiger partial charge in [0.25, 0.3) is 0 Å². The summed E-state index contributed by atoms with van der Waals surface area (Å²) in [6, 6.07) is 1.31. The number of carbonyl (C=O) groups excluding carboxylic acids is 1. The van der Waals surface area contributed by atoms with E-state index in [0.717, 1.165) is 18.5 Å². The third-order valence-corrected chi connectivity index (χ3v) is 3.32. The van der Waals surface area contributed by atoms with Gasteiger partial charge in [0.05, 0.1) is 5.41 Å². The van der Waals surface area contributed by atoms with Crippen LogP contribution in [0.4, 0.5) is 18.0 Å². The number of hydrogen-bond donors (Lipinski definition) is 0. The first-order valence-corrected chi connectivity index (χ1v) is 6.86. The normalized spacial score (nSPS) is 13.1. The molecular formula is C14H21F3N2O3. The molecule has 0 radical (unpaired) electrons. The molecular weight excluding hydrogens is 301 g/mol. The van der Waals surface area contributed by atoms with Crippen LogP contribution in [0.1, 0.15) is 41.0 Å². The van der Waals surface area contributed by atoms with Gasteiger partial charge >= 0.3 is 12.3 Å². The van der Waals surface area contributed by atoms with Gasteiger partial charge < -0.3 is 9.47 Å². The molecule has 0 bridgehead atoms. The molecule has 1 aromatic heterocycles. The van der Waals surface area contributed by atoms with Gasteiger partial charge in [0, 0.05) is 12.3 Å². The van der Waals surface area contributed by atoms with Crippen LogP contribution in [0.3, 0.4) is 0 Å². The van der Waals surface area contributed by atoms with E-state index < -0.39 is 29.9 Å². The highest BCUT2D eigenvalue weighted by molar-refractivity contribution is 5.69. The molecule has 126 valence electrons. The van der Waals surface area contributed by atoms with E-state index in [1.54, 1.807) is 13.8 Å². The lowest BCUT2D eigenvalue weighted by Crippen LogP contribution is -2.37. The molecule has 5 nitrogen and oxygen atoms in total. The van der Waals surface area contributed by atoms with Crippen molar-refractivity contribution in [3.05, 3.63) is 12.3 Å². The van der Waals surface area contributed by atoms with Gasteiger partial charge in [0.1, 0.15) is 12.2 Å². The highest BCUT2D eigenvalue weighted by Crippen LogP contribution is 2.37. The maximum absolute atomic E-state index is 12.7. The van der Waals surface area contributed by atoms with E-state index in [9.17, 15) is 18.0 Å². The molecule has 0 spiro atoms. The average Bonchev–Trinajstić information content (AvgIpc) is 2.83. The van der Waals surface area contributed by atoms with Gasteiger partial charge in [0.2, 0.25) is 5.88 Å². The van der Waals surface area contributed by atoms with Gasteiger partial charge in [-0.2, -0.15) is 17.9 Å². The molecule has 0 aliphatic rings. The lowest BCUT2D eigenvalue weighted by molar-refractivity contribution is -0.219. The smallest absolute Gasteiger partial charge is 0.435 e. The van der Waals surface area contributed by atoms with E-state index in [2.05, 4.69) is 5.10 Å². The Bertz CT molecular complexity index is 522. The van der Waals surface area contributed by atoms with Crippen LogP contribution in [0.15, 0.2) is 12.3 Å². The van der Waals surface area contributed by atoms with Crippen molar-refractivity contribution in [1.29, 1.82) is 0 Å². The Hall–Kier alpha value is -1.73. The second-order valence-corrected chi connectivity index (χ2v) is 6.25. The summed E-state index contributed by atoms with van der Waals surface area (Å²) in [7, 11) is 0. The number of hydrogen-bond acceptors (Lipinski definition) is 4. The molecule has 8 heteroatoms. The molecule has 0 aliphatic carbocycles. The van der Waals surface area contributed by atoms with Crippen LogP contribution >= 0.6 is 0 Å². The quantitative estimate of drug-likeness (QED) is 0.821. The zero-order valence-corrected chi connectivity index (χ0v) is 13.3. The highest BCUT2D eigenvalue weighted by atomic mass is 19.4. The Morgan fingerprint density at radius 2 is 1.86 bits per heavy atom. The zero-order chi connectivity index (χ0) is 17.2. The molecule has 0 unspecified atom stereocenters. The van der Waals surface area contributed by atoms with Crippen LogP contribution < -0.4 is 4.74 Å². The molecule has 0 amide bonds. The predicted octanol–water partition coefficient (Wildman–Crippen LogP) is 4.02. The number of ether oxygens (including phenoxy) is 2. The highest BCUT2D eigenvalue weighted by Gasteiger charge is 2.48. The minimum Gasteiger partial charge on any atom is -0.476 e. The van der Waals surface area contributed by atoms with Crippen molar-refractivity contribution < 1.29 is 27.4 Å². The fraction of sp³-hybridized carbons (Fsp3) is 0.714. The molecule has 1 heterocycles. The maximum Gasteiger partial charge on any atom is 0.435 e. The van der Waals surface area contributed by atoms with Crippen LogP contribution in [0.2, 0.25) is 0 Å². The molecule has 22 heavy (non-hydrogen) atoms. The Morgan fingerprint density at radius 3 is 2.36 bits per heavy atom. The Labute approximate surface area is 127 Å². The van der Waals surface area contributed by atoms with Crippen LogP contribution in [0.5, 0.6) is 5.88 Å². The summed E-state index contributed by atoms with van der Waals surface area (Å²) in [5.41, 5.74) is -2.66. The number of halogens is 3. The molecule has 0 aromatic carbocycles. The first-order chi connectivity index (χ1) is 9.88. The van der Waals surface area contributed by atoms with Crippen molar-refractivity contribution in [1.82, 2.24) is 9.78 Å². The largest absolute Gasteiger partial charge is 0.476 e. The van der Waals surface area contributed by atoms with Crippen molar-refractivity contribution in [3.8, 4) is 5.88 Å². The topological polar surface area (TPSA) is 53.4 Å². The van der Waals surface area contributed by atoms with E-state index in [-0.39, 0.29) is 5.88 Å². The van der Waals surface area contributed by atoms with Crippen LogP contribution in [0, 0.1) is 5.41 Å². The molecule has 0 saturated heterocycles. The van der Waals surface area contributed by atoms with E-state index in [1.807, 2.05) is 6.92 Å². The van der Waals surface area contributed by atoms with Crippen molar-refractivity contribution >= 4 is 6.09 Å². The van der Waals surface area contributed by atoms with Gasteiger partial charge in [-0.1, -0.05) is 6.92 Å². The fourth-order valence-electron chi connectivity index (χ4n) is 1.18. The van der Waals surface area contributed by atoms with Crippen LogP contribution in [-0.4, -0.2) is 34.3 Å². The first kappa shape index (κ1) is 18.3. The Morgan fingerprint density at radius 1 is 1.27 bits per heavy atom. The van der Waals surface area contributed by atoms with E-state index in [1.165, 1.54) is 12.3 Å². The molecule has 1 rings (SSSR count). The monoisotopic (exact) mass is 322 g/mol. The zero-order valence-electron chi connectivity index (χ0n) is 13.3. The fourth-order valence-corrected chi connectivity index (χ4v) is 1.18. The minimum atomic E-state index is -4.39.